The summed E-state index contributed by atoms with van der Waals surface area (Å²) in [6.07, 6.45) is 0.777. The zero-order valence-electron chi connectivity index (χ0n) is 40.2. The standard InChI is InChI=1S/C62H43BrN2O8/c1-29(67)37-13-16-42-40-11-7-34-27-64(28-35-8-12-41(54(40)51(34)35)43-17-14-38(30(2)68)52(37)55(42)43)22-21-33-5-9-36(10-6-33)73-50-26-47(32(4)70)53-39(31(3)69)15-18-44-57-49(63)25-48-56-46(61(71)65(23-24-66)62(48)72)20-19-45(59(56)57)58(50)60(44)53/h5-20,25-26,66H,21-24,27-28H2,1-4H3. The molecule has 2 heterocycles. The summed E-state index contributed by atoms with van der Waals surface area (Å²) in [6.45, 7) is 7.92. The van der Waals surface area contributed by atoms with E-state index < -0.39 is 11.8 Å². The summed E-state index contributed by atoms with van der Waals surface area (Å²) in [5, 5.41) is 23.4. The van der Waals surface area contributed by atoms with Crippen LogP contribution in [0, 0.1) is 0 Å². The number of amides is 2. The van der Waals surface area contributed by atoms with Gasteiger partial charge in [-0.25, -0.2) is 0 Å². The quantitative estimate of drug-likeness (QED) is 0.0581. The van der Waals surface area contributed by atoms with E-state index in [9.17, 15) is 33.9 Å². The van der Waals surface area contributed by atoms with Crippen molar-refractivity contribution in [3.63, 3.8) is 0 Å². The van der Waals surface area contributed by atoms with Gasteiger partial charge in [0.15, 0.2) is 23.1 Å². The molecule has 13 rings (SSSR count). The van der Waals surface area contributed by atoms with Gasteiger partial charge in [-0.05, 0) is 130 Å². The van der Waals surface area contributed by atoms with Crippen molar-refractivity contribution in [2.24, 2.45) is 0 Å². The summed E-state index contributed by atoms with van der Waals surface area (Å²) in [4.78, 5) is 84.0. The largest absolute Gasteiger partial charge is 0.457 e. The van der Waals surface area contributed by atoms with Crippen LogP contribution in [0.4, 0.5) is 0 Å². The fraction of sp³-hybridized carbons (Fsp3) is 0.161. The molecule has 0 aromatic heterocycles. The predicted molar refractivity (Wildman–Crippen MR) is 290 cm³/mol. The molecule has 0 saturated carbocycles. The normalized spacial score (nSPS) is 13.9. The third-order valence-corrected chi connectivity index (χ3v) is 16.2. The van der Waals surface area contributed by atoms with Crippen molar-refractivity contribution < 1.29 is 38.6 Å². The van der Waals surface area contributed by atoms with Crippen LogP contribution >= 0.6 is 15.9 Å². The fourth-order valence-electron chi connectivity index (χ4n) is 12.4. The van der Waals surface area contributed by atoms with Gasteiger partial charge < -0.3 is 9.84 Å². The van der Waals surface area contributed by atoms with Crippen molar-refractivity contribution in [3.05, 3.63) is 164 Å². The molecule has 2 aliphatic rings. The number of aliphatic hydroxyl groups is 1. The molecular weight excluding hydrogens is 981 g/mol. The maximum absolute atomic E-state index is 13.9. The van der Waals surface area contributed by atoms with Crippen molar-refractivity contribution in [3.8, 4) is 11.5 Å². The first kappa shape index (κ1) is 44.9. The molecule has 0 atom stereocenters. The predicted octanol–water partition coefficient (Wildman–Crippen LogP) is 13.3. The number of halogens is 1. The summed E-state index contributed by atoms with van der Waals surface area (Å²) in [5.41, 5.74) is 6.15. The van der Waals surface area contributed by atoms with Crippen molar-refractivity contribution >= 4 is 137 Å². The number of carbonyl (C=O) groups excluding carboxylic acids is 6. The van der Waals surface area contributed by atoms with E-state index in [4.69, 9.17) is 4.74 Å². The third kappa shape index (κ3) is 6.41. The van der Waals surface area contributed by atoms with Crippen LogP contribution < -0.4 is 4.74 Å². The molecule has 10 nitrogen and oxygen atoms in total. The molecule has 2 amide bonds. The van der Waals surface area contributed by atoms with Gasteiger partial charge in [0, 0.05) is 95.2 Å². The van der Waals surface area contributed by atoms with Crippen molar-refractivity contribution in [1.29, 1.82) is 0 Å². The van der Waals surface area contributed by atoms with Gasteiger partial charge >= 0.3 is 0 Å². The zero-order valence-corrected chi connectivity index (χ0v) is 41.8. The minimum Gasteiger partial charge on any atom is -0.457 e. The molecule has 0 spiro atoms. The number of β-amino-alcohol motifs (C(OH)–C–C–N with tert-alkyl or cyclic N) is 1. The van der Waals surface area contributed by atoms with Gasteiger partial charge in [0.25, 0.3) is 11.8 Å². The molecule has 2 aliphatic heterocycles. The van der Waals surface area contributed by atoms with Crippen LogP contribution in [0.3, 0.4) is 0 Å². The van der Waals surface area contributed by atoms with Crippen LogP contribution in [0.15, 0.2) is 114 Å². The molecule has 73 heavy (non-hydrogen) atoms. The van der Waals surface area contributed by atoms with E-state index in [0.717, 1.165) is 79.6 Å². The first-order valence-corrected chi connectivity index (χ1v) is 25.1. The summed E-state index contributed by atoms with van der Waals surface area (Å²) in [6, 6.07) is 35.2. The number of rotatable bonds is 11. The highest BCUT2D eigenvalue weighted by molar-refractivity contribution is 9.10. The Morgan fingerprint density at radius 3 is 1.56 bits per heavy atom. The molecule has 0 bridgehead atoms. The van der Waals surface area contributed by atoms with Crippen molar-refractivity contribution in [1.82, 2.24) is 9.80 Å². The van der Waals surface area contributed by atoms with E-state index in [0.29, 0.717) is 81.7 Å². The Bertz CT molecular complexity index is 4280. The summed E-state index contributed by atoms with van der Waals surface area (Å²) < 4.78 is 7.43. The molecule has 11 aromatic carbocycles. The molecule has 356 valence electrons. The summed E-state index contributed by atoms with van der Waals surface area (Å²) >= 11 is 3.77. The average Bonchev–Trinajstić information content (AvgIpc) is 3.39. The molecule has 0 fully saturated rings. The van der Waals surface area contributed by atoms with Crippen LogP contribution in [-0.2, 0) is 19.5 Å². The lowest BCUT2D eigenvalue weighted by atomic mass is 9.82. The van der Waals surface area contributed by atoms with Crippen LogP contribution in [-0.4, -0.2) is 69.6 Å². The third-order valence-electron chi connectivity index (χ3n) is 15.5. The number of hydrogen-bond acceptors (Lipinski definition) is 9. The molecule has 11 aromatic rings. The van der Waals surface area contributed by atoms with Gasteiger partial charge in [-0.1, -0.05) is 94.8 Å². The topological polar surface area (TPSA) is 138 Å². The van der Waals surface area contributed by atoms with Crippen LogP contribution in [0.2, 0.25) is 0 Å². The molecule has 0 saturated heterocycles. The highest BCUT2D eigenvalue weighted by atomic mass is 79.9. The Labute approximate surface area is 425 Å². The number of benzene rings is 11. The maximum atomic E-state index is 13.9. The minimum absolute atomic E-state index is 0.0668. The SMILES string of the molecule is CC(=O)c1ccc2c3ccc4c5c(ccc(c6ccc(C(C)=O)c1c26)c53)CN(CCc1ccc(Oc2cc(C(C)=O)c3c(C(C)=O)ccc5c6c(Br)cc7c8c(ccc(c2c35)c86)C(=O)N(CCO)C7=O)cc1)C4. The number of ether oxygens (including phenoxy) is 1. The Morgan fingerprint density at radius 2 is 0.986 bits per heavy atom. The second-order valence-corrected chi connectivity index (χ2v) is 20.5. The lowest BCUT2D eigenvalue weighted by molar-refractivity contribution is 0.0579. The number of fused-ring (bicyclic) bond motifs is 4. The van der Waals surface area contributed by atoms with E-state index >= 15 is 0 Å². The van der Waals surface area contributed by atoms with Crippen LogP contribution in [0.25, 0.3) is 86.2 Å². The summed E-state index contributed by atoms with van der Waals surface area (Å²) in [7, 11) is 0. The molecule has 0 unspecified atom stereocenters. The number of carbonyl (C=O) groups is 6. The number of imide groups is 1. The van der Waals surface area contributed by atoms with Crippen molar-refractivity contribution in [2.45, 2.75) is 47.2 Å². The van der Waals surface area contributed by atoms with E-state index in [2.05, 4.69) is 57.2 Å². The number of aliphatic hydroxyl groups excluding tert-OH is 1. The maximum Gasteiger partial charge on any atom is 0.261 e. The number of nitrogens with zero attached hydrogens (tertiary/aromatic N) is 2. The molecule has 0 aliphatic carbocycles. The van der Waals surface area contributed by atoms with Gasteiger partial charge in [0.2, 0.25) is 0 Å². The Balaban J connectivity index is 0.849. The second-order valence-electron chi connectivity index (χ2n) is 19.7. The molecule has 1 N–H and O–H groups in total. The Morgan fingerprint density at radius 1 is 0.493 bits per heavy atom. The van der Waals surface area contributed by atoms with Gasteiger partial charge in [-0.15, -0.1) is 0 Å². The first-order chi connectivity index (χ1) is 35.2. The van der Waals surface area contributed by atoms with Crippen LogP contribution in [0.1, 0.15) is 107 Å². The highest BCUT2D eigenvalue weighted by Gasteiger charge is 2.36. The lowest BCUT2D eigenvalue weighted by Crippen LogP contribution is -2.42. The Kier molecular flexibility index (Phi) is 10.0. The number of hydrogen-bond donors (Lipinski definition) is 1. The first-order valence-electron chi connectivity index (χ1n) is 24.4. The van der Waals surface area contributed by atoms with Crippen molar-refractivity contribution in [2.75, 3.05) is 19.7 Å². The van der Waals surface area contributed by atoms with E-state index in [1.807, 2.05) is 48.5 Å². The second kappa shape index (κ2) is 16.3. The number of Topliss-reactive ketones (excluding diaryl/α,β-unsaturated/α-hetero) is 4. The van der Waals surface area contributed by atoms with E-state index in [1.54, 1.807) is 38.1 Å². The summed E-state index contributed by atoms with van der Waals surface area (Å²) in [5.74, 6) is -0.642. The van der Waals surface area contributed by atoms with E-state index in [1.165, 1.54) is 35.7 Å². The smallest absolute Gasteiger partial charge is 0.261 e. The average molecular weight is 1020 g/mol. The number of ketones is 4. The van der Waals surface area contributed by atoms with Gasteiger partial charge in [0.05, 0.1) is 13.2 Å². The van der Waals surface area contributed by atoms with Crippen LogP contribution in [0.5, 0.6) is 11.5 Å². The lowest BCUT2D eigenvalue weighted by Gasteiger charge is -2.30. The monoisotopic (exact) mass is 1020 g/mol. The fourth-order valence-corrected chi connectivity index (χ4v) is 13.1. The molecule has 11 heteroatoms. The molecule has 0 radical (unpaired) electrons. The van der Waals surface area contributed by atoms with Gasteiger partial charge in [0.1, 0.15) is 11.5 Å². The van der Waals surface area contributed by atoms with E-state index in [-0.39, 0.29) is 36.3 Å². The minimum atomic E-state index is -0.504. The highest BCUT2D eigenvalue weighted by Crippen LogP contribution is 2.51. The van der Waals surface area contributed by atoms with Gasteiger partial charge in [-0.3, -0.25) is 38.6 Å². The Hall–Kier alpha value is -7.96. The molecular formula is C62H43BrN2O8. The zero-order chi connectivity index (χ0) is 50.5. The van der Waals surface area contributed by atoms with Gasteiger partial charge in [-0.2, -0.15) is 0 Å².